The first-order valence-corrected chi connectivity index (χ1v) is 6.82. The summed E-state index contributed by atoms with van der Waals surface area (Å²) in [5, 5.41) is 1.08. The van der Waals surface area contributed by atoms with Gasteiger partial charge in [-0.3, -0.25) is 10.8 Å². The fourth-order valence-electron chi connectivity index (χ4n) is 2.17. The first-order valence-electron chi connectivity index (χ1n) is 6.02. The Kier molecular flexibility index (Phi) is 3.59. The molecule has 0 aliphatic carbocycles. The van der Waals surface area contributed by atoms with Gasteiger partial charge in [-0.25, -0.2) is 0 Å². The number of fused-ring (bicyclic) bond motifs is 1. The average molecular weight is 308 g/mol. The molecule has 0 aliphatic heterocycles. The number of aromatic nitrogens is 1. The van der Waals surface area contributed by atoms with E-state index >= 15 is 0 Å². The maximum Gasteiger partial charge on any atom is 0.0732 e. The van der Waals surface area contributed by atoms with Crippen LogP contribution >= 0.6 is 15.9 Å². The van der Waals surface area contributed by atoms with Gasteiger partial charge in [0, 0.05) is 15.6 Å². The highest BCUT2D eigenvalue weighted by atomic mass is 79.9. The fourth-order valence-corrected chi connectivity index (χ4v) is 2.48. The van der Waals surface area contributed by atoms with Crippen molar-refractivity contribution >= 4 is 32.5 Å². The number of aryl methyl sites for hydroxylation is 2. The Labute approximate surface area is 116 Å². The molecule has 0 radical (unpaired) electrons. The number of nitrogens with two attached hydrogens (primary N) is 1. The summed E-state index contributed by atoms with van der Waals surface area (Å²) < 4.78 is 1.12. The van der Waals surface area contributed by atoms with Crippen molar-refractivity contribution in [3.8, 4) is 0 Å². The van der Waals surface area contributed by atoms with E-state index in [-0.39, 0.29) is 0 Å². The number of nitrogens with zero attached hydrogens (tertiary/aromatic N) is 1. The lowest BCUT2D eigenvalue weighted by molar-refractivity contribution is 0.830. The first kappa shape index (κ1) is 13.3. The Bertz CT molecular complexity index is 606. The molecular formula is C14H18BrN3. The van der Waals surface area contributed by atoms with Crippen molar-refractivity contribution in [2.24, 2.45) is 5.84 Å². The fraction of sp³-hybridized carbons (Fsp3) is 0.357. The number of pyridine rings is 1. The predicted molar refractivity (Wildman–Crippen MR) is 80.8 cm³/mol. The lowest BCUT2D eigenvalue weighted by Crippen LogP contribution is -2.09. The molecule has 0 saturated heterocycles. The second-order valence-electron chi connectivity index (χ2n) is 4.92. The highest BCUT2D eigenvalue weighted by Crippen LogP contribution is 2.34. The molecule has 0 saturated carbocycles. The normalized spacial score (nSPS) is 11.3. The zero-order valence-electron chi connectivity index (χ0n) is 11.1. The molecule has 0 atom stereocenters. The summed E-state index contributed by atoms with van der Waals surface area (Å²) in [5.74, 6) is 6.03. The van der Waals surface area contributed by atoms with Gasteiger partial charge < -0.3 is 5.43 Å². The molecule has 96 valence electrons. The molecule has 3 nitrogen and oxygen atoms in total. The molecular weight excluding hydrogens is 290 g/mol. The Balaban J connectivity index is 2.88. The van der Waals surface area contributed by atoms with Gasteiger partial charge >= 0.3 is 0 Å². The van der Waals surface area contributed by atoms with Crippen LogP contribution in [0.1, 0.15) is 36.6 Å². The van der Waals surface area contributed by atoms with Crippen LogP contribution in [-0.4, -0.2) is 4.98 Å². The zero-order chi connectivity index (χ0) is 13.4. The molecule has 3 N–H and O–H groups in total. The van der Waals surface area contributed by atoms with E-state index in [4.69, 9.17) is 10.8 Å². The van der Waals surface area contributed by atoms with Crippen molar-refractivity contribution in [3.63, 3.8) is 0 Å². The molecule has 0 fully saturated rings. The minimum Gasteiger partial charge on any atom is -0.323 e. The van der Waals surface area contributed by atoms with Crippen LogP contribution in [0.5, 0.6) is 0 Å². The summed E-state index contributed by atoms with van der Waals surface area (Å²) in [7, 11) is 0. The molecule has 1 aromatic carbocycles. The highest BCUT2D eigenvalue weighted by Gasteiger charge is 2.13. The molecule has 1 aromatic heterocycles. The number of nitrogens with one attached hydrogen (secondary N) is 1. The van der Waals surface area contributed by atoms with Crippen LogP contribution in [0.2, 0.25) is 0 Å². The van der Waals surface area contributed by atoms with E-state index in [2.05, 4.69) is 55.1 Å². The average Bonchev–Trinajstić information content (AvgIpc) is 2.34. The van der Waals surface area contributed by atoms with Gasteiger partial charge in [-0.2, -0.15) is 0 Å². The standard InChI is InChI=1S/C14H18BrN3/c1-7(2)10-6-12(18-16)13-9(4)14(15)8(3)5-11(13)17-10/h5-7H,16H2,1-4H3,(H,17,18). The highest BCUT2D eigenvalue weighted by molar-refractivity contribution is 9.10. The van der Waals surface area contributed by atoms with Gasteiger partial charge in [0.1, 0.15) is 0 Å². The summed E-state index contributed by atoms with van der Waals surface area (Å²) >= 11 is 3.61. The SMILES string of the molecule is Cc1cc2nc(C(C)C)cc(NN)c2c(C)c1Br. The second-order valence-corrected chi connectivity index (χ2v) is 5.71. The third-order valence-electron chi connectivity index (χ3n) is 3.22. The largest absolute Gasteiger partial charge is 0.323 e. The summed E-state index contributed by atoms with van der Waals surface area (Å²) in [4.78, 5) is 4.73. The number of anilines is 1. The number of nitrogen functional groups attached to an aromatic ring is 1. The second kappa shape index (κ2) is 4.86. The third kappa shape index (κ3) is 2.10. The van der Waals surface area contributed by atoms with Gasteiger partial charge in [0.2, 0.25) is 0 Å². The van der Waals surface area contributed by atoms with Gasteiger partial charge in [0.25, 0.3) is 0 Å². The summed E-state index contributed by atoms with van der Waals surface area (Å²) in [6.07, 6.45) is 0. The van der Waals surface area contributed by atoms with Crippen molar-refractivity contribution in [2.45, 2.75) is 33.6 Å². The smallest absolute Gasteiger partial charge is 0.0732 e. The molecule has 0 amide bonds. The maximum absolute atomic E-state index is 5.65. The van der Waals surface area contributed by atoms with Gasteiger partial charge in [0.15, 0.2) is 0 Å². The molecule has 2 aromatic rings. The van der Waals surface area contributed by atoms with Crippen molar-refractivity contribution in [1.29, 1.82) is 0 Å². The van der Waals surface area contributed by atoms with E-state index in [0.29, 0.717) is 5.92 Å². The quantitative estimate of drug-likeness (QED) is 0.650. The number of hydrogen-bond acceptors (Lipinski definition) is 3. The predicted octanol–water partition coefficient (Wildman–Crippen LogP) is 4.02. The monoisotopic (exact) mass is 307 g/mol. The lowest BCUT2D eigenvalue weighted by atomic mass is 10.0. The van der Waals surface area contributed by atoms with Gasteiger partial charge in [0.05, 0.1) is 11.2 Å². The molecule has 0 spiro atoms. The zero-order valence-corrected chi connectivity index (χ0v) is 12.7. The summed E-state index contributed by atoms with van der Waals surface area (Å²) in [5.41, 5.74) is 8.13. The number of hydrazine groups is 1. The third-order valence-corrected chi connectivity index (χ3v) is 4.44. The van der Waals surface area contributed by atoms with E-state index in [9.17, 15) is 0 Å². The van der Waals surface area contributed by atoms with Crippen LogP contribution in [0, 0.1) is 13.8 Å². The van der Waals surface area contributed by atoms with Crippen molar-refractivity contribution in [2.75, 3.05) is 5.43 Å². The van der Waals surface area contributed by atoms with Gasteiger partial charge in [-0.05, 0) is 43.0 Å². The number of halogens is 1. The Morgan fingerprint density at radius 2 is 1.94 bits per heavy atom. The van der Waals surface area contributed by atoms with Crippen molar-refractivity contribution < 1.29 is 0 Å². The molecule has 2 rings (SSSR count). The topological polar surface area (TPSA) is 50.9 Å². The van der Waals surface area contributed by atoms with Crippen LogP contribution < -0.4 is 11.3 Å². The maximum atomic E-state index is 5.65. The molecule has 18 heavy (non-hydrogen) atoms. The minimum absolute atomic E-state index is 0.380. The van der Waals surface area contributed by atoms with Crippen LogP contribution in [0.4, 0.5) is 5.69 Å². The van der Waals surface area contributed by atoms with E-state index in [0.717, 1.165) is 26.8 Å². The van der Waals surface area contributed by atoms with Gasteiger partial charge in [-0.1, -0.05) is 29.8 Å². The van der Waals surface area contributed by atoms with E-state index in [1.807, 2.05) is 6.07 Å². The molecule has 0 aliphatic rings. The summed E-state index contributed by atoms with van der Waals surface area (Å²) in [6, 6.07) is 4.13. The number of hydrogen-bond donors (Lipinski definition) is 2. The molecule has 1 heterocycles. The van der Waals surface area contributed by atoms with Crippen LogP contribution in [0.3, 0.4) is 0 Å². The summed E-state index contributed by atoms with van der Waals surface area (Å²) in [6.45, 7) is 8.42. The number of benzene rings is 1. The molecule has 4 heteroatoms. The Morgan fingerprint density at radius 1 is 1.28 bits per heavy atom. The first-order chi connectivity index (χ1) is 8.45. The molecule has 0 bridgehead atoms. The van der Waals surface area contributed by atoms with E-state index in [1.165, 1.54) is 11.1 Å². The van der Waals surface area contributed by atoms with Crippen LogP contribution in [0.25, 0.3) is 10.9 Å². The number of rotatable bonds is 2. The van der Waals surface area contributed by atoms with Crippen LogP contribution in [0.15, 0.2) is 16.6 Å². The lowest BCUT2D eigenvalue weighted by Gasteiger charge is -2.15. The minimum atomic E-state index is 0.380. The Hall–Kier alpha value is -1.13. The van der Waals surface area contributed by atoms with Crippen molar-refractivity contribution in [3.05, 3.63) is 33.4 Å². The van der Waals surface area contributed by atoms with Crippen molar-refractivity contribution in [1.82, 2.24) is 4.98 Å². The molecule has 0 unspecified atom stereocenters. The van der Waals surface area contributed by atoms with Gasteiger partial charge in [-0.15, -0.1) is 0 Å². The van der Waals surface area contributed by atoms with E-state index in [1.54, 1.807) is 0 Å². The Morgan fingerprint density at radius 3 is 2.50 bits per heavy atom. The van der Waals surface area contributed by atoms with E-state index < -0.39 is 0 Å². The van der Waals surface area contributed by atoms with Crippen LogP contribution in [-0.2, 0) is 0 Å².